The Morgan fingerprint density at radius 1 is 1.00 bits per heavy atom. The van der Waals surface area contributed by atoms with Gasteiger partial charge in [-0.3, -0.25) is 9.69 Å². The van der Waals surface area contributed by atoms with E-state index in [1.54, 1.807) is 32.1 Å². The monoisotopic (exact) mass is 606 g/mol. The van der Waals surface area contributed by atoms with E-state index in [2.05, 4.69) is 6.92 Å². The first kappa shape index (κ1) is 28.3. The molecule has 10 heteroatoms. The molecule has 2 aliphatic heterocycles. The number of para-hydroxylation sites is 1. The van der Waals surface area contributed by atoms with Crippen molar-refractivity contribution < 1.29 is 13.2 Å². The summed E-state index contributed by atoms with van der Waals surface area (Å²) in [6.45, 7) is 3.16. The molecule has 7 nitrogen and oxygen atoms in total. The van der Waals surface area contributed by atoms with Gasteiger partial charge in [-0.05, 0) is 61.9 Å². The van der Waals surface area contributed by atoms with Crippen molar-refractivity contribution in [2.45, 2.75) is 62.8 Å². The van der Waals surface area contributed by atoms with Crippen LogP contribution in [0.25, 0.3) is 23.0 Å². The second kappa shape index (κ2) is 11.8. The SMILES string of the molecule is CC1CCCN(S(=O)(=O)c2cccc(-c3nn(-c4ccccc4)cc3/C=C3\SC(=S)N(C4CCCCC4)C3=O)c2)C1. The minimum absolute atomic E-state index is 0.0548. The number of hydrogen-bond acceptors (Lipinski definition) is 6. The van der Waals surface area contributed by atoms with Crippen LogP contribution in [-0.2, 0) is 14.8 Å². The van der Waals surface area contributed by atoms with E-state index in [9.17, 15) is 13.2 Å². The predicted molar refractivity (Wildman–Crippen MR) is 168 cm³/mol. The van der Waals surface area contributed by atoms with E-state index in [-0.39, 0.29) is 16.8 Å². The third-order valence-electron chi connectivity index (χ3n) is 8.18. The summed E-state index contributed by atoms with van der Waals surface area (Å²) < 4.78 is 31.2. The molecule has 1 atom stereocenters. The number of amides is 1. The maximum absolute atomic E-state index is 13.6. The Morgan fingerprint density at radius 2 is 1.78 bits per heavy atom. The number of carbonyl (C=O) groups excluding carboxylic acids is 1. The van der Waals surface area contributed by atoms with Crippen LogP contribution in [0.3, 0.4) is 0 Å². The van der Waals surface area contributed by atoms with Crippen LogP contribution in [0.2, 0.25) is 0 Å². The largest absolute Gasteiger partial charge is 0.290 e. The van der Waals surface area contributed by atoms with Crippen molar-refractivity contribution in [2.75, 3.05) is 13.1 Å². The fraction of sp³-hybridized carbons (Fsp3) is 0.387. The third-order valence-corrected chi connectivity index (χ3v) is 11.4. The van der Waals surface area contributed by atoms with E-state index < -0.39 is 10.0 Å². The van der Waals surface area contributed by atoms with Crippen molar-refractivity contribution in [2.24, 2.45) is 5.92 Å². The molecule has 1 amide bonds. The van der Waals surface area contributed by atoms with Crippen molar-refractivity contribution in [3.8, 4) is 16.9 Å². The van der Waals surface area contributed by atoms with Crippen molar-refractivity contribution in [1.82, 2.24) is 19.0 Å². The summed E-state index contributed by atoms with van der Waals surface area (Å²) in [6, 6.07) is 16.9. The topological polar surface area (TPSA) is 75.5 Å². The Bertz CT molecular complexity index is 1590. The van der Waals surface area contributed by atoms with Crippen molar-refractivity contribution in [3.63, 3.8) is 0 Å². The van der Waals surface area contributed by atoms with Gasteiger partial charge in [0.2, 0.25) is 10.0 Å². The number of thioether (sulfide) groups is 1. The smallest absolute Gasteiger partial charge is 0.266 e. The Labute approximate surface area is 251 Å². The molecule has 0 radical (unpaired) electrons. The van der Waals surface area contributed by atoms with Gasteiger partial charge in [-0.15, -0.1) is 0 Å². The number of piperidine rings is 1. The zero-order valence-corrected chi connectivity index (χ0v) is 25.6. The summed E-state index contributed by atoms with van der Waals surface area (Å²) in [5.74, 6) is 0.281. The van der Waals surface area contributed by atoms with Gasteiger partial charge in [0.25, 0.3) is 5.91 Å². The molecule has 41 heavy (non-hydrogen) atoms. The first-order valence-electron chi connectivity index (χ1n) is 14.3. The molecule has 1 saturated carbocycles. The van der Waals surface area contributed by atoms with E-state index >= 15 is 0 Å². The summed E-state index contributed by atoms with van der Waals surface area (Å²) in [4.78, 5) is 16.2. The zero-order chi connectivity index (χ0) is 28.6. The molecule has 0 N–H and O–H groups in total. The number of hydrogen-bond donors (Lipinski definition) is 0. The Balaban J connectivity index is 1.39. The highest BCUT2D eigenvalue weighted by Gasteiger charge is 2.38. The highest BCUT2D eigenvalue weighted by Crippen LogP contribution is 2.39. The summed E-state index contributed by atoms with van der Waals surface area (Å²) in [6.07, 6.45) is 11.1. The lowest BCUT2D eigenvalue weighted by molar-refractivity contribution is -0.124. The lowest BCUT2D eigenvalue weighted by atomic mass is 9.94. The zero-order valence-electron chi connectivity index (χ0n) is 23.1. The normalized spacial score (nSPS) is 22.1. The first-order valence-corrected chi connectivity index (χ1v) is 17.0. The molecular formula is C31H34N4O3S3. The van der Waals surface area contributed by atoms with Crippen LogP contribution < -0.4 is 0 Å². The van der Waals surface area contributed by atoms with E-state index in [1.165, 1.54) is 18.2 Å². The molecule has 6 rings (SSSR count). The van der Waals surface area contributed by atoms with Crippen molar-refractivity contribution >= 4 is 50.3 Å². The van der Waals surface area contributed by atoms with Crippen LogP contribution in [-0.4, -0.2) is 56.8 Å². The number of rotatable bonds is 6. The van der Waals surface area contributed by atoms with Crippen LogP contribution in [0.5, 0.6) is 0 Å². The van der Waals surface area contributed by atoms with Crippen molar-refractivity contribution in [3.05, 3.63) is 71.3 Å². The second-order valence-corrected chi connectivity index (χ2v) is 14.8. The van der Waals surface area contributed by atoms with Gasteiger partial charge in [0.05, 0.1) is 15.5 Å². The van der Waals surface area contributed by atoms with Gasteiger partial charge in [-0.1, -0.05) is 80.5 Å². The van der Waals surface area contributed by atoms with Gasteiger partial charge in [-0.25, -0.2) is 13.1 Å². The molecule has 0 bridgehead atoms. The van der Waals surface area contributed by atoms with Crippen LogP contribution in [0, 0.1) is 5.92 Å². The average molecular weight is 607 g/mol. The molecule has 3 fully saturated rings. The molecular weight excluding hydrogens is 573 g/mol. The van der Waals surface area contributed by atoms with E-state index in [0.29, 0.717) is 39.5 Å². The van der Waals surface area contributed by atoms with Crippen molar-refractivity contribution in [1.29, 1.82) is 0 Å². The molecule has 1 unspecified atom stereocenters. The van der Waals surface area contributed by atoms with Gasteiger partial charge in [0.15, 0.2) is 0 Å². The maximum atomic E-state index is 13.6. The summed E-state index contributed by atoms with van der Waals surface area (Å²) in [5, 5.41) is 4.89. The molecule has 3 aromatic rings. The fourth-order valence-electron chi connectivity index (χ4n) is 6.02. The molecule has 3 aliphatic rings. The summed E-state index contributed by atoms with van der Waals surface area (Å²) in [5.41, 5.74) is 2.90. The van der Waals surface area contributed by atoms with Gasteiger partial charge in [-0.2, -0.15) is 9.40 Å². The fourth-order valence-corrected chi connectivity index (χ4v) is 9.06. The molecule has 2 aromatic carbocycles. The minimum atomic E-state index is -3.64. The first-order chi connectivity index (χ1) is 19.8. The van der Waals surface area contributed by atoms with Gasteiger partial charge < -0.3 is 0 Å². The quantitative estimate of drug-likeness (QED) is 0.236. The Hall–Kier alpha value is -2.79. The highest BCUT2D eigenvalue weighted by atomic mass is 32.2. The summed E-state index contributed by atoms with van der Waals surface area (Å²) >= 11 is 7.00. The Morgan fingerprint density at radius 3 is 2.54 bits per heavy atom. The molecule has 1 aromatic heterocycles. The maximum Gasteiger partial charge on any atom is 0.266 e. The number of sulfonamides is 1. The van der Waals surface area contributed by atoms with Crippen LogP contribution in [0.15, 0.2) is 70.6 Å². The standard InChI is InChI=1S/C31H34N4O3S3/c1-22-10-9-17-33(20-22)41(37,38)27-16-8-11-23(18-27)29-24(21-34(32-29)25-12-4-2-5-13-25)19-28-30(36)35(31(39)40-28)26-14-6-3-7-15-26/h2,4-5,8,11-13,16,18-19,21-22,26H,3,6-7,9-10,14-15,17,20H2,1H3/b28-19-. The van der Waals surface area contributed by atoms with Gasteiger partial charge >= 0.3 is 0 Å². The van der Waals surface area contributed by atoms with E-state index in [0.717, 1.165) is 49.8 Å². The van der Waals surface area contributed by atoms with Crippen LogP contribution >= 0.6 is 24.0 Å². The number of aromatic nitrogens is 2. The molecule has 1 aliphatic carbocycles. The Kier molecular flexibility index (Phi) is 8.18. The predicted octanol–water partition coefficient (Wildman–Crippen LogP) is 6.49. The highest BCUT2D eigenvalue weighted by molar-refractivity contribution is 8.26. The van der Waals surface area contributed by atoms with Gasteiger partial charge in [0.1, 0.15) is 10.0 Å². The molecule has 214 valence electrons. The average Bonchev–Trinajstić information content (AvgIpc) is 3.54. The third kappa shape index (κ3) is 5.80. The van der Waals surface area contributed by atoms with Gasteiger partial charge in [0, 0.05) is 36.5 Å². The molecule has 3 heterocycles. The number of thiocarbonyl (C=S) groups is 1. The minimum Gasteiger partial charge on any atom is -0.290 e. The van der Waals surface area contributed by atoms with Crippen LogP contribution in [0.1, 0.15) is 57.4 Å². The lowest BCUT2D eigenvalue weighted by Crippen LogP contribution is -2.39. The van der Waals surface area contributed by atoms with E-state index in [4.69, 9.17) is 17.3 Å². The van der Waals surface area contributed by atoms with Crippen LogP contribution in [0.4, 0.5) is 0 Å². The number of nitrogens with zero attached hydrogens (tertiary/aromatic N) is 4. The molecule has 2 saturated heterocycles. The summed E-state index contributed by atoms with van der Waals surface area (Å²) in [7, 11) is -3.64. The second-order valence-electron chi connectivity index (χ2n) is 11.2. The van der Waals surface area contributed by atoms with E-state index in [1.807, 2.05) is 48.7 Å². The lowest BCUT2D eigenvalue weighted by Gasteiger charge is -2.30. The number of benzene rings is 2. The number of carbonyl (C=O) groups is 1. The molecule has 0 spiro atoms.